The number of rotatable bonds is 6. The van der Waals surface area contributed by atoms with Crippen molar-refractivity contribution in [2.24, 2.45) is 5.92 Å². The van der Waals surface area contributed by atoms with Crippen molar-refractivity contribution in [3.05, 3.63) is 59.4 Å². The predicted molar refractivity (Wildman–Crippen MR) is 111 cm³/mol. The SMILES string of the molecule is CC(C)([C@H]1C[C@@H](NS(=O)(=O)c2ccc(F)c(C(F)(F)F)c2)C1)S(=O)(=O)c1cccc(C(F)(F)F)c1. The first-order valence-corrected chi connectivity index (χ1v) is 13.0. The van der Waals surface area contributed by atoms with Crippen molar-refractivity contribution < 1.29 is 47.6 Å². The summed E-state index contributed by atoms with van der Waals surface area (Å²) in [5.74, 6) is -2.30. The quantitative estimate of drug-likeness (QED) is 0.506. The van der Waals surface area contributed by atoms with E-state index >= 15 is 0 Å². The van der Waals surface area contributed by atoms with Crippen LogP contribution in [0.4, 0.5) is 30.7 Å². The van der Waals surface area contributed by atoms with Gasteiger partial charge in [-0.1, -0.05) is 6.07 Å². The molecule has 1 N–H and O–H groups in total. The molecule has 0 amide bonds. The monoisotopic (exact) mass is 547 g/mol. The van der Waals surface area contributed by atoms with E-state index in [2.05, 4.69) is 4.72 Å². The van der Waals surface area contributed by atoms with Crippen LogP contribution in [0.3, 0.4) is 0 Å². The Morgan fingerprint density at radius 2 is 1.43 bits per heavy atom. The second-order valence-corrected chi connectivity index (χ2v) is 13.0. The highest BCUT2D eigenvalue weighted by Gasteiger charge is 2.49. The van der Waals surface area contributed by atoms with Gasteiger partial charge in [-0.15, -0.1) is 0 Å². The molecule has 5 nitrogen and oxygen atoms in total. The third-order valence-corrected chi connectivity index (χ3v) is 10.3. The molecule has 14 heteroatoms. The number of hydrogen-bond donors (Lipinski definition) is 1. The third-order valence-electron chi connectivity index (χ3n) is 6.16. The summed E-state index contributed by atoms with van der Waals surface area (Å²) in [5, 5.41) is 0. The maximum absolute atomic E-state index is 13.5. The lowest BCUT2D eigenvalue weighted by Gasteiger charge is -2.44. The van der Waals surface area contributed by atoms with Crippen LogP contribution in [0.2, 0.25) is 0 Å². The van der Waals surface area contributed by atoms with Gasteiger partial charge in [0.05, 0.1) is 25.7 Å². The molecule has 0 heterocycles. The molecule has 1 aliphatic rings. The van der Waals surface area contributed by atoms with Gasteiger partial charge >= 0.3 is 12.4 Å². The first-order chi connectivity index (χ1) is 15.8. The number of sulfonamides is 1. The molecule has 1 fully saturated rings. The van der Waals surface area contributed by atoms with E-state index in [4.69, 9.17) is 0 Å². The van der Waals surface area contributed by atoms with Gasteiger partial charge in [-0.2, -0.15) is 26.3 Å². The molecule has 0 bridgehead atoms. The minimum atomic E-state index is -5.11. The first-order valence-electron chi connectivity index (χ1n) is 10.1. The molecule has 0 atom stereocenters. The number of benzene rings is 2. The van der Waals surface area contributed by atoms with Crippen molar-refractivity contribution >= 4 is 19.9 Å². The molecule has 1 aliphatic carbocycles. The molecule has 194 valence electrons. The zero-order chi connectivity index (χ0) is 26.6. The average molecular weight is 548 g/mol. The topological polar surface area (TPSA) is 80.3 Å². The standard InChI is InChI=1S/C21H20F7NO4S2/c1-19(2,34(30,31)15-5-3-4-12(10-15)20(23,24)25)13-8-14(9-13)29-35(32,33)16-6-7-18(22)17(11-16)21(26,27)28/h3-7,10-11,13-14,29H,8-9H2,1-2H3/t13-,14+. The normalized spacial score (nSPS) is 19.9. The molecule has 2 aromatic carbocycles. The van der Waals surface area contributed by atoms with E-state index in [1.807, 2.05) is 0 Å². The molecule has 3 rings (SSSR count). The Morgan fingerprint density at radius 1 is 0.829 bits per heavy atom. The molecule has 0 radical (unpaired) electrons. The molecule has 0 aromatic heterocycles. The summed E-state index contributed by atoms with van der Waals surface area (Å²) in [6.07, 6.45) is -9.92. The maximum atomic E-state index is 13.5. The zero-order valence-electron chi connectivity index (χ0n) is 18.2. The molecule has 0 saturated heterocycles. The maximum Gasteiger partial charge on any atom is 0.419 e. The second kappa shape index (κ2) is 8.73. The van der Waals surface area contributed by atoms with E-state index < -0.39 is 75.7 Å². The van der Waals surface area contributed by atoms with Crippen LogP contribution in [-0.4, -0.2) is 27.6 Å². The van der Waals surface area contributed by atoms with Crippen molar-refractivity contribution in [3.8, 4) is 0 Å². The van der Waals surface area contributed by atoms with Crippen molar-refractivity contribution in [1.29, 1.82) is 0 Å². The van der Waals surface area contributed by atoms with Gasteiger partial charge in [0.25, 0.3) is 0 Å². The van der Waals surface area contributed by atoms with E-state index in [0.29, 0.717) is 18.2 Å². The van der Waals surface area contributed by atoms with Crippen molar-refractivity contribution in [2.45, 2.75) is 59.6 Å². The Kier molecular flexibility index (Phi) is 6.83. The molecule has 2 aromatic rings. The highest BCUT2D eigenvalue weighted by molar-refractivity contribution is 7.92. The number of sulfone groups is 1. The Bertz CT molecular complexity index is 1330. The van der Waals surface area contributed by atoms with E-state index in [1.165, 1.54) is 13.8 Å². The summed E-state index contributed by atoms with van der Waals surface area (Å²) in [6, 6.07) is 3.66. The molecule has 0 aliphatic heterocycles. The lowest BCUT2D eigenvalue weighted by Crippen LogP contribution is -2.53. The fourth-order valence-electron chi connectivity index (χ4n) is 3.82. The molecular formula is C21H20F7NO4S2. The van der Waals surface area contributed by atoms with Crippen molar-refractivity contribution in [1.82, 2.24) is 4.72 Å². The van der Waals surface area contributed by atoms with Crippen LogP contribution in [0.25, 0.3) is 0 Å². The molecule has 35 heavy (non-hydrogen) atoms. The third kappa shape index (κ3) is 5.33. The zero-order valence-corrected chi connectivity index (χ0v) is 19.8. The largest absolute Gasteiger partial charge is 0.419 e. The smallest absolute Gasteiger partial charge is 0.223 e. The Hall–Kier alpha value is -2.19. The van der Waals surface area contributed by atoms with Gasteiger partial charge in [-0.05, 0) is 69.0 Å². The van der Waals surface area contributed by atoms with E-state index in [9.17, 15) is 47.6 Å². The summed E-state index contributed by atoms with van der Waals surface area (Å²) in [6.45, 7) is 2.63. The van der Waals surface area contributed by atoms with E-state index in [-0.39, 0.29) is 18.9 Å². The lowest BCUT2D eigenvalue weighted by atomic mass is 9.73. The predicted octanol–water partition coefficient (Wildman–Crippen LogP) is 5.17. The minimum Gasteiger partial charge on any atom is -0.223 e. The molecular weight excluding hydrogens is 527 g/mol. The Balaban J connectivity index is 1.76. The van der Waals surface area contributed by atoms with Crippen LogP contribution >= 0.6 is 0 Å². The van der Waals surface area contributed by atoms with Gasteiger partial charge < -0.3 is 0 Å². The number of halogens is 7. The Morgan fingerprint density at radius 3 is 1.97 bits per heavy atom. The van der Waals surface area contributed by atoms with Gasteiger partial charge in [-0.3, -0.25) is 0 Å². The first kappa shape index (κ1) is 27.4. The van der Waals surface area contributed by atoms with Crippen LogP contribution < -0.4 is 4.72 Å². The second-order valence-electron chi connectivity index (χ2n) is 8.76. The van der Waals surface area contributed by atoms with Crippen LogP contribution in [-0.2, 0) is 32.2 Å². The highest BCUT2D eigenvalue weighted by Crippen LogP contribution is 2.44. The van der Waals surface area contributed by atoms with Gasteiger partial charge in [0.2, 0.25) is 10.0 Å². The van der Waals surface area contributed by atoms with Crippen LogP contribution in [0, 0.1) is 11.7 Å². The fourth-order valence-corrected chi connectivity index (χ4v) is 6.89. The fraction of sp³-hybridized carbons (Fsp3) is 0.429. The van der Waals surface area contributed by atoms with Gasteiger partial charge in [-0.25, -0.2) is 25.9 Å². The number of nitrogens with one attached hydrogen (secondary N) is 1. The summed E-state index contributed by atoms with van der Waals surface area (Å²) < 4.78 is 143. The summed E-state index contributed by atoms with van der Waals surface area (Å²) >= 11 is 0. The van der Waals surface area contributed by atoms with Crippen molar-refractivity contribution in [3.63, 3.8) is 0 Å². The lowest BCUT2D eigenvalue weighted by molar-refractivity contribution is -0.140. The summed E-state index contributed by atoms with van der Waals surface area (Å²) in [4.78, 5) is -1.35. The average Bonchev–Trinajstić information content (AvgIpc) is 2.69. The van der Waals surface area contributed by atoms with Crippen molar-refractivity contribution in [2.75, 3.05) is 0 Å². The van der Waals surface area contributed by atoms with E-state index in [1.54, 1.807) is 0 Å². The van der Waals surface area contributed by atoms with Gasteiger partial charge in [0.1, 0.15) is 5.82 Å². The van der Waals surface area contributed by atoms with Crippen LogP contribution in [0.5, 0.6) is 0 Å². The minimum absolute atomic E-state index is 0.0300. The van der Waals surface area contributed by atoms with Crippen LogP contribution in [0.15, 0.2) is 52.3 Å². The molecule has 1 saturated carbocycles. The van der Waals surface area contributed by atoms with Crippen LogP contribution in [0.1, 0.15) is 37.8 Å². The van der Waals surface area contributed by atoms with Gasteiger partial charge in [0, 0.05) is 6.04 Å². The van der Waals surface area contributed by atoms with E-state index in [0.717, 1.165) is 18.2 Å². The number of hydrogen-bond acceptors (Lipinski definition) is 4. The molecule has 0 spiro atoms. The Labute approximate surface area is 197 Å². The summed E-state index contributed by atoms with van der Waals surface area (Å²) in [7, 11) is -8.76. The van der Waals surface area contributed by atoms with Gasteiger partial charge in [0.15, 0.2) is 9.84 Å². The highest BCUT2D eigenvalue weighted by atomic mass is 32.2. The summed E-state index contributed by atoms with van der Waals surface area (Å²) in [5.41, 5.74) is -2.88. The number of alkyl halides is 6. The molecule has 0 unspecified atom stereocenters.